The number of nitrogens with zero attached hydrogens (tertiary/aromatic N) is 1. The highest BCUT2D eigenvalue weighted by atomic mass is 16.4. The summed E-state index contributed by atoms with van der Waals surface area (Å²) in [6, 6.07) is -3.46. The van der Waals surface area contributed by atoms with E-state index in [1.807, 2.05) is 0 Å². The van der Waals surface area contributed by atoms with Crippen LogP contribution in [-0.4, -0.2) is 89.2 Å². The smallest absolute Gasteiger partial charge is 0.326 e. The van der Waals surface area contributed by atoms with Crippen LogP contribution in [0.5, 0.6) is 0 Å². The maximum absolute atomic E-state index is 12.8. The molecule has 2 rings (SSSR count). The van der Waals surface area contributed by atoms with Gasteiger partial charge in [-0.3, -0.25) is 14.4 Å². The number of amides is 3. The number of hydrogen-bond donors (Lipinski definition) is 6. The molecular weight excluding hydrogens is 394 g/mol. The lowest BCUT2D eigenvalue weighted by atomic mass is 10.1. The molecule has 2 aliphatic rings. The van der Waals surface area contributed by atoms with Gasteiger partial charge in [0.2, 0.25) is 17.7 Å². The number of rotatable bonds is 11. The molecule has 170 valence electrons. The molecule has 4 atom stereocenters. The molecule has 11 heteroatoms. The molecule has 7 N–H and O–H groups in total. The first-order valence-corrected chi connectivity index (χ1v) is 10.6. The number of hydrogen-bond acceptors (Lipinski definition) is 7. The van der Waals surface area contributed by atoms with Gasteiger partial charge in [0.25, 0.3) is 0 Å². The fraction of sp³-hybridized carbons (Fsp3) is 0.789. The van der Waals surface area contributed by atoms with Crippen molar-refractivity contribution in [3.63, 3.8) is 0 Å². The van der Waals surface area contributed by atoms with Gasteiger partial charge in [-0.05, 0) is 58.0 Å². The Morgan fingerprint density at radius 2 is 1.87 bits per heavy atom. The molecule has 2 fully saturated rings. The Morgan fingerprint density at radius 3 is 2.47 bits per heavy atom. The van der Waals surface area contributed by atoms with Crippen LogP contribution in [0, 0.1) is 0 Å². The van der Waals surface area contributed by atoms with E-state index in [0.717, 1.165) is 13.0 Å². The zero-order valence-electron chi connectivity index (χ0n) is 17.1. The molecule has 0 radical (unpaired) electrons. The van der Waals surface area contributed by atoms with Gasteiger partial charge < -0.3 is 36.8 Å². The number of aliphatic carboxylic acids is 1. The van der Waals surface area contributed by atoms with Crippen molar-refractivity contribution >= 4 is 23.7 Å². The van der Waals surface area contributed by atoms with Crippen molar-refractivity contribution in [1.82, 2.24) is 20.9 Å². The van der Waals surface area contributed by atoms with E-state index >= 15 is 0 Å². The minimum absolute atomic E-state index is 0.256. The van der Waals surface area contributed by atoms with Crippen LogP contribution in [0.3, 0.4) is 0 Å². The second kappa shape index (κ2) is 11.8. The van der Waals surface area contributed by atoms with Crippen molar-refractivity contribution in [3.8, 4) is 0 Å². The Balaban J connectivity index is 2.02. The number of carbonyl (C=O) groups excluding carboxylic acids is 3. The van der Waals surface area contributed by atoms with E-state index in [2.05, 4.69) is 16.0 Å². The van der Waals surface area contributed by atoms with Crippen LogP contribution in [0.2, 0.25) is 0 Å². The number of likely N-dealkylation sites (tertiary alicyclic amines) is 1. The second-order valence-electron chi connectivity index (χ2n) is 7.77. The SMILES string of the molecule is NCCCCC(NC(=O)C1CCCN1)C(=O)NC(CO)C(=O)N1CCCC1C(=O)O. The van der Waals surface area contributed by atoms with Gasteiger partial charge in [-0.1, -0.05) is 0 Å². The van der Waals surface area contributed by atoms with Crippen molar-refractivity contribution in [2.24, 2.45) is 5.73 Å². The van der Waals surface area contributed by atoms with Crippen LogP contribution in [0.15, 0.2) is 0 Å². The van der Waals surface area contributed by atoms with E-state index in [4.69, 9.17) is 5.73 Å². The zero-order valence-corrected chi connectivity index (χ0v) is 17.1. The van der Waals surface area contributed by atoms with Crippen LogP contribution in [0.25, 0.3) is 0 Å². The Hall–Kier alpha value is -2.24. The monoisotopic (exact) mass is 427 g/mol. The Labute approximate surface area is 175 Å². The lowest BCUT2D eigenvalue weighted by Crippen LogP contribution is -2.58. The fourth-order valence-corrected chi connectivity index (χ4v) is 3.89. The molecular formula is C19H33N5O6. The molecule has 4 unspecified atom stereocenters. The number of carboxylic acids is 1. The number of carboxylic acid groups (broad SMARTS) is 1. The number of unbranched alkanes of at least 4 members (excludes halogenated alkanes) is 1. The molecule has 0 spiro atoms. The highest BCUT2D eigenvalue weighted by Crippen LogP contribution is 2.18. The summed E-state index contributed by atoms with van der Waals surface area (Å²) < 4.78 is 0. The number of aliphatic hydroxyl groups excluding tert-OH is 1. The van der Waals surface area contributed by atoms with Crippen molar-refractivity contribution < 1.29 is 29.4 Å². The molecule has 0 aromatic carbocycles. The Bertz CT molecular complexity index is 625. The minimum atomic E-state index is -1.27. The van der Waals surface area contributed by atoms with Gasteiger partial charge in [-0.25, -0.2) is 4.79 Å². The predicted molar refractivity (Wildman–Crippen MR) is 107 cm³/mol. The Morgan fingerprint density at radius 1 is 1.10 bits per heavy atom. The summed E-state index contributed by atoms with van der Waals surface area (Å²) >= 11 is 0. The summed E-state index contributed by atoms with van der Waals surface area (Å²) in [5.74, 6) is -2.62. The van der Waals surface area contributed by atoms with E-state index in [9.17, 15) is 29.4 Å². The van der Waals surface area contributed by atoms with E-state index in [1.54, 1.807) is 0 Å². The summed E-state index contributed by atoms with van der Waals surface area (Å²) in [7, 11) is 0. The molecule has 11 nitrogen and oxygen atoms in total. The topological polar surface area (TPSA) is 174 Å². The molecule has 2 aliphatic heterocycles. The molecule has 0 aromatic heterocycles. The second-order valence-corrected chi connectivity index (χ2v) is 7.77. The highest BCUT2D eigenvalue weighted by Gasteiger charge is 2.38. The summed E-state index contributed by atoms with van der Waals surface area (Å²) in [6.45, 7) is 0.785. The fourth-order valence-electron chi connectivity index (χ4n) is 3.89. The van der Waals surface area contributed by atoms with Gasteiger partial charge in [0, 0.05) is 6.54 Å². The third-order valence-electron chi connectivity index (χ3n) is 5.57. The number of nitrogens with two attached hydrogens (primary N) is 1. The predicted octanol–water partition coefficient (Wildman–Crippen LogP) is -2.10. The standard InChI is InChI=1S/C19H33N5O6/c20-8-2-1-5-13(22-16(26)12-6-3-9-21-12)17(27)23-14(11-25)18(28)24-10-4-7-15(24)19(29)30/h12-15,21,25H,1-11,20H2,(H,22,26)(H,23,27)(H,29,30). The maximum atomic E-state index is 12.8. The summed E-state index contributed by atoms with van der Waals surface area (Å²) in [4.78, 5) is 50.5. The van der Waals surface area contributed by atoms with Crippen LogP contribution in [0.1, 0.15) is 44.9 Å². The van der Waals surface area contributed by atoms with Crippen LogP contribution >= 0.6 is 0 Å². The normalized spacial score (nSPS) is 23.1. The average molecular weight is 428 g/mol. The largest absolute Gasteiger partial charge is 0.480 e. The third-order valence-corrected chi connectivity index (χ3v) is 5.57. The molecule has 2 saturated heterocycles. The summed E-state index contributed by atoms with van der Waals surface area (Å²) in [6.07, 6.45) is 4.07. The van der Waals surface area contributed by atoms with E-state index < -0.39 is 42.5 Å². The van der Waals surface area contributed by atoms with Gasteiger partial charge >= 0.3 is 5.97 Å². The van der Waals surface area contributed by atoms with Crippen molar-refractivity contribution in [2.45, 2.75) is 69.1 Å². The molecule has 0 aromatic rings. The molecule has 0 bridgehead atoms. The first-order valence-electron chi connectivity index (χ1n) is 10.6. The van der Waals surface area contributed by atoms with E-state index in [1.165, 1.54) is 4.90 Å². The quantitative estimate of drug-likeness (QED) is 0.203. The van der Waals surface area contributed by atoms with Crippen molar-refractivity contribution in [2.75, 3.05) is 26.2 Å². The van der Waals surface area contributed by atoms with E-state index in [0.29, 0.717) is 45.1 Å². The lowest BCUT2D eigenvalue weighted by Gasteiger charge is -2.28. The van der Waals surface area contributed by atoms with Gasteiger partial charge in [0.15, 0.2) is 0 Å². The van der Waals surface area contributed by atoms with Crippen LogP contribution < -0.4 is 21.7 Å². The van der Waals surface area contributed by atoms with Crippen molar-refractivity contribution in [3.05, 3.63) is 0 Å². The average Bonchev–Trinajstić information content (AvgIpc) is 3.42. The Kier molecular flexibility index (Phi) is 9.47. The number of nitrogens with one attached hydrogen (secondary N) is 3. The number of aliphatic hydroxyl groups is 1. The maximum Gasteiger partial charge on any atom is 0.326 e. The minimum Gasteiger partial charge on any atom is -0.480 e. The highest BCUT2D eigenvalue weighted by molar-refractivity contribution is 5.94. The van der Waals surface area contributed by atoms with Crippen LogP contribution in [-0.2, 0) is 19.2 Å². The van der Waals surface area contributed by atoms with Gasteiger partial charge in [-0.2, -0.15) is 0 Å². The van der Waals surface area contributed by atoms with Crippen molar-refractivity contribution in [1.29, 1.82) is 0 Å². The summed E-state index contributed by atoms with van der Waals surface area (Å²) in [5.41, 5.74) is 5.51. The first-order chi connectivity index (χ1) is 14.4. The molecule has 3 amide bonds. The third kappa shape index (κ3) is 6.38. The van der Waals surface area contributed by atoms with E-state index in [-0.39, 0.29) is 18.5 Å². The summed E-state index contributed by atoms with van der Waals surface area (Å²) in [5, 5.41) is 27.2. The van der Waals surface area contributed by atoms with Gasteiger partial charge in [-0.15, -0.1) is 0 Å². The lowest BCUT2D eigenvalue weighted by molar-refractivity contribution is -0.150. The molecule has 30 heavy (non-hydrogen) atoms. The molecule has 2 heterocycles. The zero-order chi connectivity index (χ0) is 22.1. The molecule has 0 saturated carbocycles. The van der Waals surface area contributed by atoms with Gasteiger partial charge in [0.1, 0.15) is 18.1 Å². The molecule has 0 aliphatic carbocycles. The van der Waals surface area contributed by atoms with Gasteiger partial charge in [0.05, 0.1) is 12.6 Å². The van der Waals surface area contributed by atoms with Crippen LogP contribution in [0.4, 0.5) is 0 Å². The first kappa shape index (κ1) is 24.0. The number of carbonyl (C=O) groups is 4.